The van der Waals surface area contributed by atoms with Crippen LogP contribution in [0.15, 0.2) is 0 Å². The lowest BCUT2D eigenvalue weighted by molar-refractivity contribution is -0.137. The van der Waals surface area contributed by atoms with Crippen LogP contribution in [0.25, 0.3) is 0 Å². The highest BCUT2D eigenvalue weighted by Gasteiger charge is 2.29. The highest BCUT2D eigenvalue weighted by Crippen LogP contribution is 2.35. The monoisotopic (exact) mass is 437 g/mol. The number of hydrogen-bond acceptors (Lipinski definition) is 5. The van der Waals surface area contributed by atoms with E-state index in [9.17, 15) is 22.8 Å². The van der Waals surface area contributed by atoms with Gasteiger partial charge in [0.1, 0.15) is 21.4 Å². The first-order valence-electron chi connectivity index (χ1n) is 11.0. The van der Waals surface area contributed by atoms with Crippen molar-refractivity contribution in [2.45, 2.75) is 70.6 Å². The number of aliphatic carboxylic acids is 1. The number of carboxylic acids is 1. The Morgan fingerprint density at radius 1 is 0.900 bits per heavy atom. The highest BCUT2D eigenvalue weighted by atomic mass is 32.2. The third kappa shape index (κ3) is 9.27. The zero-order valence-electron chi connectivity index (χ0n) is 17.6. The Morgan fingerprint density at radius 2 is 1.53 bits per heavy atom. The second kappa shape index (κ2) is 12.6. The summed E-state index contributed by atoms with van der Waals surface area (Å²) in [5.41, 5.74) is 0. The summed E-state index contributed by atoms with van der Waals surface area (Å²) in [4.78, 5) is 34.9. The second-order valence-electron chi connectivity index (χ2n) is 8.44. The first-order valence-corrected chi connectivity index (χ1v) is 12.8. The molecule has 0 amide bonds. The van der Waals surface area contributed by atoms with Gasteiger partial charge in [0.2, 0.25) is 0 Å². The van der Waals surface area contributed by atoms with Gasteiger partial charge in [-0.1, -0.05) is 0 Å². The van der Waals surface area contributed by atoms with Crippen LogP contribution >= 0.6 is 0 Å². The Labute approximate surface area is 181 Å². The summed E-state index contributed by atoms with van der Waals surface area (Å²) in [7, 11) is -3.15. The van der Waals surface area contributed by atoms with Gasteiger partial charge in [-0.05, 0) is 83.0 Å². The fraction of sp³-hybridized carbons (Fsp3) is 0.652. The van der Waals surface area contributed by atoms with E-state index in [-0.39, 0.29) is 35.4 Å². The maximum atomic E-state index is 12.3. The van der Waals surface area contributed by atoms with Gasteiger partial charge in [0.25, 0.3) is 0 Å². The van der Waals surface area contributed by atoms with Gasteiger partial charge in [-0.15, -0.1) is 0 Å². The number of carbonyl (C=O) groups excluding carboxylic acids is 2. The molecule has 0 aromatic heterocycles. The number of Topliss-reactive ketones (excluding diaryl/α,β-unsaturated/α-hetero) is 2. The molecule has 5 radical (unpaired) electrons. The van der Waals surface area contributed by atoms with Crippen molar-refractivity contribution < 1.29 is 27.9 Å². The topological polar surface area (TPSA) is 106 Å². The van der Waals surface area contributed by atoms with Crippen LogP contribution in [0.4, 0.5) is 0 Å². The van der Waals surface area contributed by atoms with Crippen LogP contribution in [0.3, 0.4) is 0 Å². The van der Waals surface area contributed by atoms with Gasteiger partial charge in [0, 0.05) is 31.1 Å². The highest BCUT2D eigenvalue weighted by molar-refractivity contribution is 7.91. The molecule has 0 saturated heterocycles. The van der Waals surface area contributed by atoms with E-state index in [4.69, 9.17) is 5.11 Å². The summed E-state index contributed by atoms with van der Waals surface area (Å²) < 4.78 is 24.3. The largest absolute Gasteiger partial charge is 0.481 e. The van der Waals surface area contributed by atoms with Gasteiger partial charge in [-0.3, -0.25) is 14.4 Å². The Kier molecular flexibility index (Phi) is 10.5. The molecule has 0 aliphatic heterocycles. The van der Waals surface area contributed by atoms with Crippen LogP contribution in [0.5, 0.6) is 0 Å². The molecule has 30 heavy (non-hydrogen) atoms. The second-order valence-corrected chi connectivity index (χ2v) is 10.7. The molecule has 2 aliphatic carbocycles. The van der Waals surface area contributed by atoms with E-state index in [2.05, 4.69) is 0 Å². The molecule has 0 aromatic rings. The van der Waals surface area contributed by atoms with Crippen molar-refractivity contribution in [1.82, 2.24) is 0 Å². The lowest BCUT2D eigenvalue weighted by atomic mass is 9.95. The first-order chi connectivity index (χ1) is 14.3. The summed E-state index contributed by atoms with van der Waals surface area (Å²) in [5, 5.41) is 8.76. The molecule has 7 heteroatoms. The Bertz CT molecular complexity index is 678. The number of hydrogen-bond donors (Lipinski definition) is 1. The molecule has 167 valence electrons. The molecule has 0 spiro atoms. The lowest BCUT2D eigenvalue weighted by Gasteiger charge is -2.10. The minimum absolute atomic E-state index is 0.0142. The molecule has 2 unspecified atom stereocenters. The first kappa shape index (κ1) is 25.0. The summed E-state index contributed by atoms with van der Waals surface area (Å²) in [6.07, 6.45) is 13.3. The Hall–Kier alpha value is -1.24. The van der Waals surface area contributed by atoms with Crippen molar-refractivity contribution in [3.05, 3.63) is 31.6 Å². The van der Waals surface area contributed by atoms with Gasteiger partial charge in [0.15, 0.2) is 0 Å². The normalized spacial score (nSPS) is 22.4. The van der Waals surface area contributed by atoms with Crippen molar-refractivity contribution in [1.29, 1.82) is 0 Å². The maximum Gasteiger partial charge on any atom is 0.303 e. The minimum atomic E-state index is -3.15. The van der Waals surface area contributed by atoms with Crippen molar-refractivity contribution in [3.63, 3.8) is 0 Å². The average molecular weight is 438 g/mol. The summed E-state index contributed by atoms with van der Waals surface area (Å²) in [6, 6.07) is 0. The van der Waals surface area contributed by atoms with Crippen molar-refractivity contribution in [2.24, 2.45) is 11.8 Å². The van der Waals surface area contributed by atoms with E-state index in [1.165, 1.54) is 0 Å². The number of rotatable bonds is 15. The third-order valence-corrected chi connectivity index (χ3v) is 7.81. The molecule has 2 atom stereocenters. The zero-order chi connectivity index (χ0) is 22.0. The van der Waals surface area contributed by atoms with Crippen molar-refractivity contribution >= 4 is 27.4 Å². The van der Waals surface area contributed by atoms with Crippen LogP contribution in [0.1, 0.15) is 70.6 Å². The zero-order valence-corrected chi connectivity index (χ0v) is 18.4. The van der Waals surface area contributed by atoms with Crippen molar-refractivity contribution in [3.8, 4) is 0 Å². The predicted molar refractivity (Wildman–Crippen MR) is 115 cm³/mol. The number of carboxylic acid groups (broad SMARTS) is 1. The molecule has 1 N–H and O–H groups in total. The quantitative estimate of drug-likeness (QED) is 0.393. The van der Waals surface area contributed by atoms with Crippen LogP contribution in [-0.4, -0.2) is 42.6 Å². The van der Waals surface area contributed by atoms with E-state index >= 15 is 0 Å². The molecular weight excluding hydrogens is 404 g/mol. The average Bonchev–Trinajstić information content (AvgIpc) is 3.39. The molecule has 2 saturated carbocycles. The van der Waals surface area contributed by atoms with Crippen LogP contribution in [0, 0.1) is 43.4 Å². The molecule has 2 aliphatic rings. The van der Waals surface area contributed by atoms with Gasteiger partial charge in [-0.2, -0.15) is 0 Å². The van der Waals surface area contributed by atoms with Gasteiger partial charge < -0.3 is 5.11 Å². The number of unbranched alkanes of at least 4 members (excludes halogenated alkanes) is 2. The lowest BCUT2D eigenvalue weighted by Crippen LogP contribution is -2.14. The minimum Gasteiger partial charge on any atom is -0.481 e. The van der Waals surface area contributed by atoms with E-state index in [0.29, 0.717) is 56.8 Å². The number of sulfone groups is 1. The van der Waals surface area contributed by atoms with Gasteiger partial charge in [0.05, 0.1) is 11.5 Å². The third-order valence-electron chi connectivity index (χ3n) is 5.99. The van der Waals surface area contributed by atoms with Crippen LogP contribution in [-0.2, 0) is 24.2 Å². The summed E-state index contributed by atoms with van der Waals surface area (Å²) >= 11 is 0. The predicted octanol–water partition coefficient (Wildman–Crippen LogP) is 3.57. The summed E-state index contributed by atoms with van der Waals surface area (Å²) in [5.74, 6) is 0.634. The van der Waals surface area contributed by atoms with E-state index in [1.54, 1.807) is 12.8 Å². The molecular formula is C23H33O6S. The molecule has 2 fully saturated rings. The fourth-order valence-electron chi connectivity index (χ4n) is 4.20. The van der Waals surface area contributed by atoms with E-state index < -0.39 is 15.8 Å². The smallest absolute Gasteiger partial charge is 0.303 e. The molecule has 2 rings (SSSR count). The van der Waals surface area contributed by atoms with E-state index in [1.807, 2.05) is 12.8 Å². The summed E-state index contributed by atoms with van der Waals surface area (Å²) in [6.45, 7) is 0. The standard InChI is InChI=1S/C23H33O6S/c24-21(19-7-1-2-8-19)9-3-5-15-30(28,29)16-6-4-10-22(25)20-13-11-18(17-20)12-14-23(26)27/h1-2,7-8,18,20H,3-6,9-17H2,(H,26,27). The van der Waals surface area contributed by atoms with E-state index in [0.717, 1.165) is 19.3 Å². The SMILES string of the molecule is O=C(O)CCC1CCC(C(=O)CCCCS(=O)(=O)CCCCC(=O)[C]2[CH][CH][CH][CH]2)C1. The Morgan fingerprint density at radius 3 is 2.17 bits per heavy atom. The number of ketones is 2. The van der Waals surface area contributed by atoms with Gasteiger partial charge >= 0.3 is 5.97 Å². The molecule has 0 aromatic carbocycles. The van der Waals surface area contributed by atoms with Crippen LogP contribution < -0.4 is 0 Å². The molecule has 6 nitrogen and oxygen atoms in total. The Balaban J connectivity index is 1.53. The van der Waals surface area contributed by atoms with Crippen molar-refractivity contribution in [2.75, 3.05) is 11.5 Å². The molecule has 0 bridgehead atoms. The van der Waals surface area contributed by atoms with Crippen LogP contribution in [0.2, 0.25) is 0 Å². The fourth-order valence-corrected chi connectivity index (χ4v) is 5.69. The number of carbonyl (C=O) groups is 3. The van der Waals surface area contributed by atoms with Gasteiger partial charge in [-0.25, -0.2) is 8.42 Å². The molecule has 0 heterocycles. The maximum absolute atomic E-state index is 12.3.